The van der Waals surface area contributed by atoms with Crippen molar-refractivity contribution in [3.05, 3.63) is 86.1 Å². The molecule has 3 rings (SSSR count). The second-order valence-electron chi connectivity index (χ2n) is 6.11. The Kier molecular flexibility index (Phi) is 6.58. The topological polar surface area (TPSA) is 123 Å². The minimum atomic E-state index is -4.09. The lowest BCUT2D eigenvalue weighted by Crippen LogP contribution is -2.31. The van der Waals surface area contributed by atoms with E-state index in [-0.39, 0.29) is 15.5 Å². The zero-order valence-electron chi connectivity index (χ0n) is 15.1. The average Bonchev–Trinajstić information content (AvgIpc) is 3.22. The maximum Gasteiger partial charge on any atom is 0.269 e. The van der Waals surface area contributed by atoms with Gasteiger partial charge in [-0.2, -0.15) is 0 Å². The van der Waals surface area contributed by atoms with Crippen molar-refractivity contribution in [3.63, 3.8) is 0 Å². The summed E-state index contributed by atoms with van der Waals surface area (Å²) in [6.07, 6.45) is 0. The molecule has 1 N–H and O–H groups in total. The van der Waals surface area contributed by atoms with Crippen LogP contribution in [0.4, 0.5) is 5.69 Å². The van der Waals surface area contributed by atoms with Crippen molar-refractivity contribution in [3.8, 4) is 0 Å². The van der Waals surface area contributed by atoms with E-state index in [1.54, 1.807) is 17.5 Å². The molecule has 0 amide bonds. The van der Waals surface area contributed by atoms with E-state index in [1.165, 1.54) is 35.6 Å². The SMILES string of the molecule is O=[N+]([O-])c1ccc(S(=O)(=O)NC[C@@H](c2cccs2)S(=O)(=O)c2ccc(Cl)cc2)cc1. The molecule has 0 aliphatic heterocycles. The first-order valence-corrected chi connectivity index (χ1v) is 12.7. The summed E-state index contributed by atoms with van der Waals surface area (Å²) in [7, 11) is -8.02. The van der Waals surface area contributed by atoms with Gasteiger partial charge in [-0.1, -0.05) is 17.7 Å². The molecule has 0 saturated carbocycles. The first-order chi connectivity index (χ1) is 14.1. The lowest BCUT2D eigenvalue weighted by atomic mass is 10.3. The van der Waals surface area contributed by atoms with Gasteiger partial charge >= 0.3 is 0 Å². The highest BCUT2D eigenvalue weighted by atomic mass is 35.5. The molecule has 1 atom stereocenters. The summed E-state index contributed by atoms with van der Waals surface area (Å²) in [6, 6.07) is 13.2. The van der Waals surface area contributed by atoms with Gasteiger partial charge in [0.25, 0.3) is 5.69 Å². The summed E-state index contributed by atoms with van der Waals surface area (Å²) < 4.78 is 53.9. The van der Waals surface area contributed by atoms with E-state index < -0.39 is 36.6 Å². The normalized spacial score (nSPS) is 13.1. The van der Waals surface area contributed by atoms with Crippen LogP contribution in [-0.4, -0.2) is 28.3 Å². The third kappa shape index (κ3) is 4.87. The highest BCUT2D eigenvalue weighted by molar-refractivity contribution is 7.92. The van der Waals surface area contributed by atoms with E-state index in [9.17, 15) is 26.9 Å². The van der Waals surface area contributed by atoms with Crippen LogP contribution in [0.5, 0.6) is 0 Å². The minimum Gasteiger partial charge on any atom is -0.258 e. The summed E-state index contributed by atoms with van der Waals surface area (Å²) in [5.41, 5.74) is -0.254. The Morgan fingerprint density at radius 3 is 2.10 bits per heavy atom. The summed E-state index contributed by atoms with van der Waals surface area (Å²) in [6.45, 7) is -0.412. The van der Waals surface area contributed by atoms with Crippen molar-refractivity contribution in [1.29, 1.82) is 0 Å². The second kappa shape index (κ2) is 8.82. The molecule has 158 valence electrons. The highest BCUT2D eigenvalue weighted by Gasteiger charge is 2.31. The van der Waals surface area contributed by atoms with Gasteiger partial charge in [0.15, 0.2) is 9.84 Å². The van der Waals surface area contributed by atoms with Crippen LogP contribution in [0.2, 0.25) is 5.02 Å². The van der Waals surface area contributed by atoms with Gasteiger partial charge in [0, 0.05) is 28.6 Å². The number of hydrogen-bond donors (Lipinski definition) is 1. The Labute approximate surface area is 182 Å². The van der Waals surface area contributed by atoms with Gasteiger partial charge in [-0.15, -0.1) is 11.3 Å². The van der Waals surface area contributed by atoms with Crippen LogP contribution in [0.15, 0.2) is 75.8 Å². The van der Waals surface area contributed by atoms with Gasteiger partial charge in [-0.25, -0.2) is 21.6 Å². The van der Waals surface area contributed by atoms with E-state index in [0.717, 1.165) is 24.3 Å². The number of sulfonamides is 1. The fraction of sp³-hybridized carbons (Fsp3) is 0.111. The lowest BCUT2D eigenvalue weighted by Gasteiger charge is -2.17. The maximum absolute atomic E-state index is 13.2. The molecule has 8 nitrogen and oxygen atoms in total. The van der Waals surface area contributed by atoms with Crippen molar-refractivity contribution < 1.29 is 21.8 Å². The van der Waals surface area contributed by atoms with Crippen molar-refractivity contribution in [2.75, 3.05) is 6.54 Å². The van der Waals surface area contributed by atoms with Gasteiger partial charge < -0.3 is 0 Å². The molecule has 0 bridgehead atoms. The molecule has 0 aliphatic carbocycles. The third-order valence-corrected chi connectivity index (χ3v) is 9.12. The molecule has 30 heavy (non-hydrogen) atoms. The third-order valence-electron chi connectivity index (χ3n) is 4.19. The van der Waals surface area contributed by atoms with E-state index in [2.05, 4.69) is 4.72 Å². The van der Waals surface area contributed by atoms with Crippen LogP contribution in [0.1, 0.15) is 10.1 Å². The molecule has 0 fully saturated rings. The van der Waals surface area contributed by atoms with E-state index >= 15 is 0 Å². The highest BCUT2D eigenvalue weighted by Crippen LogP contribution is 2.32. The van der Waals surface area contributed by atoms with E-state index in [1.807, 2.05) is 0 Å². The van der Waals surface area contributed by atoms with Crippen molar-refractivity contribution in [2.45, 2.75) is 15.0 Å². The number of nitro groups is 1. The number of thiophene rings is 1. The van der Waals surface area contributed by atoms with Gasteiger partial charge in [-0.05, 0) is 47.8 Å². The molecule has 12 heteroatoms. The minimum absolute atomic E-state index is 0.0137. The Hall–Kier alpha value is -2.31. The number of nitro benzene ring substituents is 1. The molecule has 0 saturated heterocycles. The van der Waals surface area contributed by atoms with Gasteiger partial charge in [0.1, 0.15) is 5.25 Å². The Morgan fingerprint density at radius 1 is 0.967 bits per heavy atom. The number of sulfone groups is 1. The smallest absolute Gasteiger partial charge is 0.258 e. The zero-order chi connectivity index (χ0) is 21.9. The van der Waals surface area contributed by atoms with E-state index in [4.69, 9.17) is 11.6 Å². The summed E-state index contributed by atoms with van der Waals surface area (Å²) >= 11 is 7.03. The Balaban J connectivity index is 1.89. The molecule has 0 aliphatic rings. The molecule has 0 radical (unpaired) electrons. The molecular formula is C18H15ClN2O6S3. The first-order valence-electron chi connectivity index (χ1n) is 8.38. The number of halogens is 1. The van der Waals surface area contributed by atoms with Crippen LogP contribution in [0, 0.1) is 10.1 Å². The van der Waals surface area contributed by atoms with Gasteiger partial charge in [0.2, 0.25) is 10.0 Å². The van der Waals surface area contributed by atoms with Crippen LogP contribution >= 0.6 is 22.9 Å². The number of non-ortho nitro benzene ring substituents is 1. The predicted molar refractivity (Wildman–Crippen MR) is 114 cm³/mol. The summed E-state index contributed by atoms with van der Waals surface area (Å²) in [4.78, 5) is 10.4. The number of rotatable bonds is 8. The fourth-order valence-corrected chi connectivity index (χ4v) is 6.70. The molecule has 3 aromatic rings. The lowest BCUT2D eigenvalue weighted by molar-refractivity contribution is -0.384. The molecule has 1 aromatic heterocycles. The predicted octanol–water partition coefficient (Wildman–Crippen LogP) is 3.80. The van der Waals surface area contributed by atoms with Crippen molar-refractivity contribution in [1.82, 2.24) is 4.72 Å². The molecule has 0 unspecified atom stereocenters. The van der Waals surface area contributed by atoms with Crippen LogP contribution in [-0.2, 0) is 19.9 Å². The quantitative estimate of drug-likeness (QED) is 0.381. The fourth-order valence-electron chi connectivity index (χ4n) is 2.64. The molecule has 0 spiro atoms. The summed E-state index contributed by atoms with van der Waals surface area (Å²) in [5, 5.41) is 11.7. The van der Waals surface area contributed by atoms with E-state index in [0.29, 0.717) is 9.90 Å². The van der Waals surface area contributed by atoms with Crippen LogP contribution < -0.4 is 4.72 Å². The summed E-state index contributed by atoms with van der Waals surface area (Å²) in [5.74, 6) is 0. The van der Waals surface area contributed by atoms with Gasteiger partial charge in [0.05, 0.1) is 14.7 Å². The van der Waals surface area contributed by atoms with Crippen molar-refractivity contribution >= 4 is 48.5 Å². The number of nitrogens with zero attached hydrogens (tertiary/aromatic N) is 1. The number of nitrogens with one attached hydrogen (secondary N) is 1. The number of hydrogen-bond acceptors (Lipinski definition) is 7. The average molecular weight is 487 g/mol. The monoisotopic (exact) mass is 486 g/mol. The standard InChI is InChI=1S/C18H15ClN2O6S3/c19-13-3-7-15(8-4-13)29(24,25)18(17-2-1-11-28-17)12-20-30(26,27)16-9-5-14(6-10-16)21(22)23/h1-11,18,20H,12H2/t18-/m0/s1. The number of benzene rings is 2. The molecule has 1 heterocycles. The zero-order valence-corrected chi connectivity index (χ0v) is 18.3. The Morgan fingerprint density at radius 2 is 1.57 bits per heavy atom. The van der Waals surface area contributed by atoms with Crippen LogP contribution in [0.3, 0.4) is 0 Å². The molecule has 2 aromatic carbocycles. The largest absolute Gasteiger partial charge is 0.269 e. The Bertz CT molecular complexity index is 1240. The second-order valence-corrected chi connectivity index (χ2v) is 11.4. The molecular weight excluding hydrogens is 472 g/mol. The first kappa shape index (κ1) is 22.4. The van der Waals surface area contributed by atoms with Crippen molar-refractivity contribution in [2.24, 2.45) is 0 Å². The maximum atomic E-state index is 13.2. The van der Waals surface area contributed by atoms with Gasteiger partial charge in [-0.3, -0.25) is 10.1 Å². The van der Waals surface area contributed by atoms with Crippen LogP contribution in [0.25, 0.3) is 0 Å².